The number of carbonyl (C=O) groups is 1. The minimum Gasteiger partial charge on any atom is -0.481 e. The molecule has 0 spiro atoms. The van der Waals surface area contributed by atoms with Crippen molar-refractivity contribution in [2.45, 2.75) is 12.8 Å². The third-order valence-corrected chi connectivity index (χ3v) is 2.17. The Morgan fingerprint density at radius 1 is 1.50 bits per heavy atom. The van der Waals surface area contributed by atoms with Gasteiger partial charge in [-0.1, -0.05) is 28.9 Å². The summed E-state index contributed by atoms with van der Waals surface area (Å²) in [6, 6.07) is 7.06. The van der Waals surface area contributed by atoms with Crippen LogP contribution in [-0.4, -0.2) is 23.9 Å². The lowest BCUT2D eigenvalue weighted by molar-refractivity contribution is -0.136. The van der Waals surface area contributed by atoms with Crippen molar-refractivity contribution in [1.82, 2.24) is 0 Å². The minimum atomic E-state index is -0.870. The molecule has 5 heteroatoms. The molecule has 0 aliphatic rings. The van der Waals surface area contributed by atoms with E-state index in [1.165, 1.54) is 7.11 Å². The number of aliphatic carboxylic acids is 1. The zero-order chi connectivity index (χ0) is 12.0. The van der Waals surface area contributed by atoms with E-state index >= 15 is 0 Å². The second-order valence-corrected chi connectivity index (χ2v) is 3.56. The van der Waals surface area contributed by atoms with Gasteiger partial charge in [0.05, 0.1) is 12.1 Å². The van der Waals surface area contributed by atoms with Gasteiger partial charge in [0.25, 0.3) is 0 Å². The van der Waals surface area contributed by atoms with Crippen molar-refractivity contribution in [3.63, 3.8) is 0 Å². The average Bonchev–Trinajstić information content (AvgIpc) is 2.24. The summed E-state index contributed by atoms with van der Waals surface area (Å²) in [5, 5.41) is 13.0. The average molecular weight is 242 g/mol. The van der Waals surface area contributed by atoms with Gasteiger partial charge in [-0.2, -0.15) is 0 Å². The van der Waals surface area contributed by atoms with E-state index in [2.05, 4.69) is 9.99 Å². The number of rotatable bonds is 5. The highest BCUT2D eigenvalue weighted by molar-refractivity contribution is 6.31. The van der Waals surface area contributed by atoms with Crippen molar-refractivity contribution >= 4 is 23.3 Å². The number of benzene rings is 1. The van der Waals surface area contributed by atoms with Crippen molar-refractivity contribution in [1.29, 1.82) is 0 Å². The summed E-state index contributed by atoms with van der Waals surface area (Å²) in [7, 11) is 1.42. The Labute approximate surface area is 98.5 Å². The molecule has 4 nitrogen and oxygen atoms in total. The van der Waals surface area contributed by atoms with Crippen LogP contribution in [0.3, 0.4) is 0 Å². The van der Waals surface area contributed by atoms with Gasteiger partial charge in [-0.05, 0) is 12.1 Å². The van der Waals surface area contributed by atoms with Crippen LogP contribution in [-0.2, 0) is 9.63 Å². The quantitative estimate of drug-likeness (QED) is 0.637. The molecule has 0 heterocycles. The molecule has 0 unspecified atom stereocenters. The van der Waals surface area contributed by atoms with Gasteiger partial charge >= 0.3 is 5.97 Å². The molecule has 1 aromatic rings. The van der Waals surface area contributed by atoms with E-state index in [4.69, 9.17) is 16.7 Å². The molecule has 0 aliphatic heterocycles. The Kier molecular flexibility index (Phi) is 4.79. The fraction of sp³-hybridized carbons (Fsp3) is 0.273. The summed E-state index contributed by atoms with van der Waals surface area (Å²) in [5.74, 6) is -0.870. The summed E-state index contributed by atoms with van der Waals surface area (Å²) in [4.78, 5) is 15.2. The largest absolute Gasteiger partial charge is 0.481 e. The number of hydrogen-bond donors (Lipinski definition) is 1. The lowest BCUT2D eigenvalue weighted by atomic mass is 10.1. The Morgan fingerprint density at radius 2 is 2.25 bits per heavy atom. The molecule has 1 rings (SSSR count). The fourth-order valence-corrected chi connectivity index (χ4v) is 1.44. The monoisotopic (exact) mass is 241 g/mol. The normalized spacial score (nSPS) is 11.2. The first-order chi connectivity index (χ1) is 7.63. The van der Waals surface area contributed by atoms with Crippen LogP contribution in [0.4, 0.5) is 0 Å². The maximum absolute atomic E-state index is 10.5. The Bertz CT molecular complexity index is 404. The SMILES string of the molecule is CON=C(CCC(=O)O)c1cccc(Cl)c1. The molecule has 16 heavy (non-hydrogen) atoms. The summed E-state index contributed by atoms with van der Waals surface area (Å²) >= 11 is 5.84. The van der Waals surface area contributed by atoms with E-state index in [0.29, 0.717) is 17.2 Å². The van der Waals surface area contributed by atoms with E-state index in [9.17, 15) is 4.79 Å². The Hall–Kier alpha value is -1.55. The number of oxime groups is 1. The second-order valence-electron chi connectivity index (χ2n) is 3.12. The van der Waals surface area contributed by atoms with Crippen LogP contribution < -0.4 is 0 Å². The van der Waals surface area contributed by atoms with Gasteiger partial charge in [-0.15, -0.1) is 0 Å². The van der Waals surface area contributed by atoms with Gasteiger partial charge in [0.15, 0.2) is 0 Å². The molecular weight excluding hydrogens is 230 g/mol. The maximum atomic E-state index is 10.5. The van der Waals surface area contributed by atoms with Gasteiger partial charge in [0, 0.05) is 17.0 Å². The molecule has 86 valence electrons. The lowest BCUT2D eigenvalue weighted by Gasteiger charge is -2.04. The predicted octanol–water partition coefficient (Wildman–Crippen LogP) is 2.56. The summed E-state index contributed by atoms with van der Waals surface area (Å²) in [5.41, 5.74) is 1.35. The summed E-state index contributed by atoms with van der Waals surface area (Å²) in [6.45, 7) is 0. The van der Waals surface area contributed by atoms with Gasteiger partial charge in [-0.25, -0.2) is 0 Å². The van der Waals surface area contributed by atoms with Gasteiger partial charge in [-0.3, -0.25) is 4.79 Å². The third kappa shape index (κ3) is 3.90. The van der Waals surface area contributed by atoms with E-state index in [1.54, 1.807) is 18.2 Å². The molecule has 0 aliphatic carbocycles. The van der Waals surface area contributed by atoms with Crippen LogP contribution in [0.5, 0.6) is 0 Å². The van der Waals surface area contributed by atoms with Crippen molar-refractivity contribution < 1.29 is 14.7 Å². The summed E-state index contributed by atoms with van der Waals surface area (Å²) in [6.07, 6.45) is 0.318. The van der Waals surface area contributed by atoms with Crippen LogP contribution in [0.2, 0.25) is 5.02 Å². The van der Waals surface area contributed by atoms with E-state index in [0.717, 1.165) is 5.56 Å². The Balaban J connectivity index is 2.85. The van der Waals surface area contributed by atoms with Crippen LogP contribution in [0, 0.1) is 0 Å². The smallest absolute Gasteiger partial charge is 0.303 e. The van der Waals surface area contributed by atoms with Crippen LogP contribution in [0.1, 0.15) is 18.4 Å². The lowest BCUT2D eigenvalue weighted by Crippen LogP contribution is -2.05. The van der Waals surface area contributed by atoms with E-state index in [1.807, 2.05) is 6.07 Å². The van der Waals surface area contributed by atoms with Crippen molar-refractivity contribution in [3.05, 3.63) is 34.9 Å². The van der Waals surface area contributed by atoms with Crippen LogP contribution in [0.15, 0.2) is 29.4 Å². The zero-order valence-electron chi connectivity index (χ0n) is 8.81. The first kappa shape index (κ1) is 12.5. The van der Waals surface area contributed by atoms with Crippen LogP contribution in [0.25, 0.3) is 0 Å². The molecule has 0 fully saturated rings. The van der Waals surface area contributed by atoms with E-state index in [-0.39, 0.29) is 6.42 Å². The van der Waals surface area contributed by atoms with E-state index < -0.39 is 5.97 Å². The molecule has 0 bridgehead atoms. The van der Waals surface area contributed by atoms with Crippen molar-refractivity contribution in [2.24, 2.45) is 5.16 Å². The van der Waals surface area contributed by atoms with Gasteiger partial charge < -0.3 is 9.94 Å². The molecule has 1 aromatic carbocycles. The fourth-order valence-electron chi connectivity index (χ4n) is 1.25. The summed E-state index contributed by atoms with van der Waals surface area (Å²) < 4.78 is 0. The highest BCUT2D eigenvalue weighted by atomic mass is 35.5. The van der Waals surface area contributed by atoms with Gasteiger partial charge in [0.2, 0.25) is 0 Å². The molecule has 0 amide bonds. The zero-order valence-corrected chi connectivity index (χ0v) is 9.57. The maximum Gasteiger partial charge on any atom is 0.303 e. The second kappa shape index (κ2) is 6.12. The van der Waals surface area contributed by atoms with Gasteiger partial charge in [0.1, 0.15) is 7.11 Å². The predicted molar refractivity (Wildman–Crippen MR) is 61.9 cm³/mol. The topological polar surface area (TPSA) is 58.9 Å². The van der Waals surface area contributed by atoms with Crippen molar-refractivity contribution in [3.8, 4) is 0 Å². The number of hydrogen-bond acceptors (Lipinski definition) is 3. The molecule has 0 aromatic heterocycles. The molecule has 0 saturated heterocycles. The molecule has 1 N–H and O–H groups in total. The molecule has 0 atom stereocenters. The van der Waals surface area contributed by atoms with Crippen LogP contribution >= 0.6 is 11.6 Å². The number of carboxylic acids is 1. The number of nitrogens with zero attached hydrogens (tertiary/aromatic N) is 1. The number of halogens is 1. The molecular formula is C11H12ClNO3. The first-order valence-electron chi connectivity index (χ1n) is 4.71. The standard InChI is InChI=1S/C11H12ClNO3/c1-16-13-10(5-6-11(14)15)8-3-2-4-9(12)7-8/h2-4,7H,5-6H2,1H3,(H,14,15). The van der Waals surface area contributed by atoms with Crippen molar-refractivity contribution in [2.75, 3.05) is 7.11 Å². The highest BCUT2D eigenvalue weighted by Gasteiger charge is 2.07. The highest BCUT2D eigenvalue weighted by Crippen LogP contribution is 2.14. The first-order valence-corrected chi connectivity index (χ1v) is 5.09. The number of carboxylic acid groups (broad SMARTS) is 1. The molecule has 0 radical (unpaired) electrons. The molecule has 0 saturated carbocycles. The minimum absolute atomic E-state index is 0.00864. The third-order valence-electron chi connectivity index (χ3n) is 1.93. The Morgan fingerprint density at radius 3 is 2.81 bits per heavy atom.